The molecule has 0 radical (unpaired) electrons. The standard InChI is InChI=1S/C10H13N5/c1-15-5-3-9(7-15)14-10-12-4-2-8(6-11)13-10/h2,4,9H,3,5,7H2,1H3,(H,12,13,14). The molecule has 78 valence electrons. The zero-order valence-corrected chi connectivity index (χ0v) is 8.64. The number of nitrogens with zero attached hydrogens (tertiary/aromatic N) is 4. The highest BCUT2D eigenvalue weighted by atomic mass is 15.2. The first-order valence-electron chi connectivity index (χ1n) is 4.96. The first-order chi connectivity index (χ1) is 7.28. The Balaban J connectivity index is 2.02. The average molecular weight is 203 g/mol. The van der Waals surface area contributed by atoms with Crippen molar-refractivity contribution in [1.29, 1.82) is 5.26 Å². The van der Waals surface area contributed by atoms with Crippen LogP contribution in [0.4, 0.5) is 5.95 Å². The monoisotopic (exact) mass is 203 g/mol. The molecule has 1 unspecified atom stereocenters. The van der Waals surface area contributed by atoms with Gasteiger partial charge in [-0.15, -0.1) is 0 Å². The largest absolute Gasteiger partial charge is 0.350 e. The van der Waals surface area contributed by atoms with Gasteiger partial charge in [0.15, 0.2) is 0 Å². The molecule has 1 atom stereocenters. The highest BCUT2D eigenvalue weighted by Crippen LogP contribution is 2.11. The Labute approximate surface area is 88.8 Å². The summed E-state index contributed by atoms with van der Waals surface area (Å²) in [5.41, 5.74) is 0.402. The van der Waals surface area contributed by atoms with Gasteiger partial charge < -0.3 is 10.2 Å². The fourth-order valence-electron chi connectivity index (χ4n) is 1.73. The number of aromatic nitrogens is 2. The molecular formula is C10H13N5. The van der Waals surface area contributed by atoms with Gasteiger partial charge in [-0.1, -0.05) is 0 Å². The molecule has 1 aromatic heterocycles. The summed E-state index contributed by atoms with van der Waals surface area (Å²) >= 11 is 0. The predicted molar refractivity (Wildman–Crippen MR) is 56.3 cm³/mol. The zero-order valence-electron chi connectivity index (χ0n) is 8.64. The van der Waals surface area contributed by atoms with Crippen LogP contribution in [0.5, 0.6) is 0 Å². The smallest absolute Gasteiger partial charge is 0.224 e. The van der Waals surface area contributed by atoms with Crippen molar-refractivity contribution in [3.8, 4) is 6.07 Å². The van der Waals surface area contributed by atoms with Crippen molar-refractivity contribution in [1.82, 2.24) is 14.9 Å². The maximum atomic E-state index is 8.69. The SMILES string of the molecule is CN1CCC(Nc2nccc(C#N)n2)C1. The normalized spacial score (nSPS) is 21.2. The highest BCUT2D eigenvalue weighted by molar-refractivity contribution is 5.31. The third kappa shape index (κ3) is 2.42. The molecule has 0 spiro atoms. The van der Waals surface area contributed by atoms with Crippen molar-refractivity contribution in [3.63, 3.8) is 0 Å². The van der Waals surface area contributed by atoms with Crippen molar-refractivity contribution < 1.29 is 0 Å². The molecule has 0 aromatic carbocycles. The lowest BCUT2D eigenvalue weighted by Crippen LogP contribution is -2.24. The minimum absolute atomic E-state index is 0.393. The number of hydrogen-bond donors (Lipinski definition) is 1. The molecule has 0 aliphatic carbocycles. The number of nitriles is 1. The van der Waals surface area contributed by atoms with Gasteiger partial charge in [0, 0.05) is 18.8 Å². The Bertz CT molecular complexity index is 384. The number of hydrogen-bond acceptors (Lipinski definition) is 5. The van der Waals surface area contributed by atoms with Gasteiger partial charge in [0.25, 0.3) is 0 Å². The Morgan fingerprint density at radius 2 is 2.53 bits per heavy atom. The van der Waals surface area contributed by atoms with Crippen LogP contribution in [0.15, 0.2) is 12.3 Å². The second-order valence-corrected chi connectivity index (χ2v) is 3.77. The van der Waals surface area contributed by atoms with Crippen LogP contribution in [0.25, 0.3) is 0 Å². The molecule has 5 heteroatoms. The van der Waals surface area contributed by atoms with Gasteiger partial charge in [-0.25, -0.2) is 9.97 Å². The Morgan fingerprint density at radius 3 is 3.20 bits per heavy atom. The maximum absolute atomic E-state index is 8.69. The summed E-state index contributed by atoms with van der Waals surface area (Å²) in [5, 5.41) is 11.9. The third-order valence-corrected chi connectivity index (χ3v) is 2.49. The highest BCUT2D eigenvalue weighted by Gasteiger charge is 2.19. The summed E-state index contributed by atoms with van der Waals surface area (Å²) in [7, 11) is 2.09. The summed E-state index contributed by atoms with van der Waals surface area (Å²) in [6.45, 7) is 2.09. The van der Waals surface area contributed by atoms with E-state index in [2.05, 4.69) is 27.2 Å². The number of likely N-dealkylation sites (N-methyl/N-ethyl adjacent to an activating group) is 1. The second kappa shape index (κ2) is 4.24. The lowest BCUT2D eigenvalue weighted by atomic mass is 10.3. The van der Waals surface area contributed by atoms with E-state index < -0.39 is 0 Å². The molecule has 1 aliphatic heterocycles. The van der Waals surface area contributed by atoms with Crippen molar-refractivity contribution in [3.05, 3.63) is 18.0 Å². The lowest BCUT2D eigenvalue weighted by Gasteiger charge is -2.12. The predicted octanol–water partition coefficient (Wildman–Crippen LogP) is 0.464. The molecule has 2 rings (SSSR count). The summed E-state index contributed by atoms with van der Waals surface area (Å²) in [6, 6.07) is 4.00. The fraction of sp³-hybridized carbons (Fsp3) is 0.500. The van der Waals surface area contributed by atoms with Crippen LogP contribution in [0, 0.1) is 11.3 Å². The van der Waals surface area contributed by atoms with E-state index in [0.717, 1.165) is 19.5 Å². The fourth-order valence-corrected chi connectivity index (χ4v) is 1.73. The van der Waals surface area contributed by atoms with Crippen LogP contribution >= 0.6 is 0 Å². The van der Waals surface area contributed by atoms with Crippen LogP contribution in [0.3, 0.4) is 0 Å². The molecule has 15 heavy (non-hydrogen) atoms. The van der Waals surface area contributed by atoms with E-state index in [1.807, 2.05) is 6.07 Å². The molecule has 0 amide bonds. The van der Waals surface area contributed by atoms with E-state index >= 15 is 0 Å². The van der Waals surface area contributed by atoms with Gasteiger partial charge in [-0.3, -0.25) is 0 Å². The summed E-state index contributed by atoms with van der Waals surface area (Å²) in [5.74, 6) is 0.550. The van der Waals surface area contributed by atoms with Crippen molar-refractivity contribution in [2.75, 3.05) is 25.5 Å². The third-order valence-electron chi connectivity index (χ3n) is 2.49. The average Bonchev–Trinajstić information content (AvgIpc) is 2.64. The topological polar surface area (TPSA) is 64.8 Å². The maximum Gasteiger partial charge on any atom is 0.224 e. The first kappa shape index (κ1) is 9.87. The van der Waals surface area contributed by atoms with Crippen molar-refractivity contribution >= 4 is 5.95 Å². The molecule has 1 aromatic rings. The molecule has 1 aliphatic rings. The molecule has 1 saturated heterocycles. The summed E-state index contributed by atoms with van der Waals surface area (Å²) in [6.07, 6.45) is 2.70. The lowest BCUT2D eigenvalue weighted by molar-refractivity contribution is 0.414. The van der Waals surface area contributed by atoms with E-state index in [0.29, 0.717) is 17.7 Å². The summed E-state index contributed by atoms with van der Waals surface area (Å²) < 4.78 is 0. The van der Waals surface area contributed by atoms with Gasteiger partial charge in [-0.2, -0.15) is 5.26 Å². The zero-order chi connectivity index (χ0) is 10.7. The Morgan fingerprint density at radius 1 is 1.67 bits per heavy atom. The minimum atomic E-state index is 0.393. The number of nitrogens with one attached hydrogen (secondary N) is 1. The Hall–Kier alpha value is -1.67. The van der Waals surface area contributed by atoms with Gasteiger partial charge in [0.2, 0.25) is 5.95 Å². The van der Waals surface area contributed by atoms with E-state index in [9.17, 15) is 0 Å². The molecule has 5 nitrogen and oxygen atoms in total. The molecule has 0 bridgehead atoms. The van der Waals surface area contributed by atoms with E-state index in [-0.39, 0.29) is 0 Å². The van der Waals surface area contributed by atoms with Crippen LogP contribution in [0.1, 0.15) is 12.1 Å². The van der Waals surface area contributed by atoms with Gasteiger partial charge in [-0.05, 0) is 26.1 Å². The van der Waals surface area contributed by atoms with E-state index in [4.69, 9.17) is 5.26 Å². The Kier molecular flexibility index (Phi) is 2.79. The van der Waals surface area contributed by atoms with Crippen molar-refractivity contribution in [2.24, 2.45) is 0 Å². The summed E-state index contributed by atoms with van der Waals surface area (Å²) in [4.78, 5) is 10.4. The van der Waals surface area contributed by atoms with E-state index in [1.165, 1.54) is 0 Å². The quantitative estimate of drug-likeness (QED) is 0.756. The van der Waals surface area contributed by atoms with Gasteiger partial charge in [0.1, 0.15) is 11.8 Å². The molecule has 0 saturated carbocycles. The molecule has 2 heterocycles. The van der Waals surface area contributed by atoms with Gasteiger partial charge in [0.05, 0.1) is 0 Å². The van der Waals surface area contributed by atoms with Crippen LogP contribution in [-0.4, -0.2) is 41.0 Å². The molecule has 1 N–H and O–H groups in total. The number of anilines is 1. The minimum Gasteiger partial charge on any atom is -0.350 e. The number of likely N-dealkylation sites (tertiary alicyclic amines) is 1. The molecule has 1 fully saturated rings. The van der Waals surface area contributed by atoms with Gasteiger partial charge >= 0.3 is 0 Å². The number of rotatable bonds is 2. The van der Waals surface area contributed by atoms with Crippen LogP contribution in [0.2, 0.25) is 0 Å². The second-order valence-electron chi connectivity index (χ2n) is 3.77. The van der Waals surface area contributed by atoms with Crippen molar-refractivity contribution in [2.45, 2.75) is 12.5 Å². The first-order valence-corrected chi connectivity index (χ1v) is 4.96. The molecular weight excluding hydrogens is 190 g/mol. The van der Waals surface area contributed by atoms with Crippen LogP contribution in [-0.2, 0) is 0 Å². The van der Waals surface area contributed by atoms with E-state index in [1.54, 1.807) is 12.3 Å². The van der Waals surface area contributed by atoms with Crippen LogP contribution < -0.4 is 5.32 Å².